The highest BCUT2D eigenvalue weighted by atomic mass is 35.5. The highest BCUT2D eigenvalue weighted by molar-refractivity contribution is 6.31. The molecule has 2 aromatic rings. The number of nitrogens with zero attached hydrogens (tertiary/aromatic N) is 1. The van der Waals surface area contributed by atoms with Crippen molar-refractivity contribution >= 4 is 23.2 Å². The Hall–Kier alpha value is -2.84. The quantitative estimate of drug-likeness (QED) is 0.467. The van der Waals surface area contributed by atoms with E-state index >= 15 is 0 Å². The molecule has 0 heterocycles. The fourth-order valence-electron chi connectivity index (χ4n) is 2.10. The number of anilines is 1. The number of aryl methyl sites for hydroxylation is 1. The number of benzene rings is 2. The van der Waals surface area contributed by atoms with E-state index in [4.69, 9.17) is 16.9 Å². The van der Waals surface area contributed by atoms with Crippen LogP contribution in [0.1, 0.15) is 11.1 Å². The van der Waals surface area contributed by atoms with Crippen LogP contribution in [0.25, 0.3) is 0 Å². The van der Waals surface area contributed by atoms with E-state index in [-0.39, 0.29) is 11.4 Å². The van der Waals surface area contributed by atoms with E-state index < -0.39 is 5.91 Å². The van der Waals surface area contributed by atoms with E-state index in [2.05, 4.69) is 10.6 Å². The Morgan fingerprint density at radius 2 is 2.12 bits per heavy atom. The first-order chi connectivity index (χ1) is 12.0. The molecular weight excluding hydrogens is 341 g/mol. The van der Waals surface area contributed by atoms with Crippen molar-refractivity contribution in [2.45, 2.75) is 13.3 Å². The van der Waals surface area contributed by atoms with Gasteiger partial charge in [-0.15, -0.1) is 0 Å². The molecule has 0 aliphatic carbocycles. The third kappa shape index (κ3) is 5.63. The molecule has 25 heavy (non-hydrogen) atoms. The molecule has 0 saturated carbocycles. The summed E-state index contributed by atoms with van der Waals surface area (Å²) in [4.78, 5) is 12.1. The van der Waals surface area contributed by atoms with Gasteiger partial charge in [-0.1, -0.05) is 29.8 Å². The minimum Gasteiger partial charge on any atom is -0.389 e. The maximum atomic E-state index is 13.1. The van der Waals surface area contributed by atoms with Gasteiger partial charge >= 0.3 is 0 Å². The molecule has 0 unspecified atom stereocenters. The Kier molecular flexibility index (Phi) is 6.55. The van der Waals surface area contributed by atoms with Crippen LogP contribution >= 0.6 is 11.6 Å². The smallest absolute Gasteiger partial charge is 0.267 e. The van der Waals surface area contributed by atoms with Crippen molar-refractivity contribution in [2.75, 3.05) is 11.9 Å². The van der Waals surface area contributed by atoms with E-state index in [1.54, 1.807) is 24.3 Å². The lowest BCUT2D eigenvalue weighted by molar-refractivity contribution is -0.112. The zero-order valence-corrected chi connectivity index (χ0v) is 14.4. The summed E-state index contributed by atoms with van der Waals surface area (Å²) in [7, 11) is 0. The van der Waals surface area contributed by atoms with Crippen LogP contribution in [0.15, 0.2) is 54.2 Å². The van der Waals surface area contributed by atoms with Crippen LogP contribution in [0, 0.1) is 24.1 Å². The molecule has 0 spiro atoms. The number of carbonyl (C=O) groups excluding carboxylic acids is 1. The van der Waals surface area contributed by atoms with Crippen molar-refractivity contribution in [3.05, 3.63) is 76.2 Å². The Balaban J connectivity index is 1.91. The van der Waals surface area contributed by atoms with Gasteiger partial charge in [0.25, 0.3) is 5.91 Å². The summed E-state index contributed by atoms with van der Waals surface area (Å²) in [6.45, 7) is 2.33. The molecule has 0 radical (unpaired) electrons. The van der Waals surface area contributed by atoms with Crippen LogP contribution in [0.3, 0.4) is 0 Å². The largest absolute Gasteiger partial charge is 0.389 e. The summed E-state index contributed by atoms with van der Waals surface area (Å²) < 4.78 is 13.1. The van der Waals surface area contributed by atoms with Gasteiger partial charge in [-0.2, -0.15) is 5.26 Å². The Bertz CT molecular complexity index is 843. The second kappa shape index (κ2) is 8.86. The molecular formula is C19H17ClFN3O. The van der Waals surface area contributed by atoms with Gasteiger partial charge in [-0.25, -0.2) is 4.39 Å². The van der Waals surface area contributed by atoms with Crippen molar-refractivity contribution < 1.29 is 9.18 Å². The van der Waals surface area contributed by atoms with E-state index in [1.165, 1.54) is 18.3 Å². The maximum Gasteiger partial charge on any atom is 0.267 e. The minimum absolute atomic E-state index is 0.0593. The second-order valence-corrected chi connectivity index (χ2v) is 5.83. The topological polar surface area (TPSA) is 64.9 Å². The van der Waals surface area contributed by atoms with E-state index in [0.29, 0.717) is 23.7 Å². The highest BCUT2D eigenvalue weighted by Crippen LogP contribution is 2.20. The minimum atomic E-state index is -0.527. The third-order valence-electron chi connectivity index (χ3n) is 3.49. The lowest BCUT2D eigenvalue weighted by Crippen LogP contribution is -2.18. The van der Waals surface area contributed by atoms with E-state index in [0.717, 1.165) is 11.1 Å². The lowest BCUT2D eigenvalue weighted by atomic mass is 10.1. The number of hydrogen-bond donors (Lipinski definition) is 2. The standard InChI is InChI=1S/C19H17ClFN3O/c1-13-5-6-17(10-18(13)20)24-19(25)15(11-22)12-23-8-7-14-3-2-4-16(21)9-14/h2-6,9-10,12,23H,7-8H2,1H3,(H,24,25)/b15-12-. The summed E-state index contributed by atoms with van der Waals surface area (Å²) in [6.07, 6.45) is 1.92. The zero-order valence-electron chi connectivity index (χ0n) is 13.6. The van der Waals surface area contributed by atoms with Crippen molar-refractivity contribution in [3.8, 4) is 6.07 Å². The molecule has 128 valence electrons. The maximum absolute atomic E-state index is 13.1. The SMILES string of the molecule is Cc1ccc(NC(=O)/C(C#N)=C\NCCc2cccc(F)c2)cc1Cl. The first-order valence-electron chi connectivity index (χ1n) is 7.65. The van der Waals surface area contributed by atoms with Crippen LogP contribution in [0.5, 0.6) is 0 Å². The number of carbonyl (C=O) groups is 1. The van der Waals surface area contributed by atoms with Gasteiger partial charge in [0, 0.05) is 23.5 Å². The molecule has 0 aliphatic heterocycles. The summed E-state index contributed by atoms with van der Waals surface area (Å²) in [5.74, 6) is -0.817. The molecule has 0 saturated heterocycles. The molecule has 6 heteroatoms. The number of hydrogen-bond acceptors (Lipinski definition) is 3. The molecule has 2 rings (SSSR count). The predicted molar refractivity (Wildman–Crippen MR) is 96.6 cm³/mol. The van der Waals surface area contributed by atoms with Crippen LogP contribution < -0.4 is 10.6 Å². The molecule has 0 aromatic heterocycles. The molecule has 2 N–H and O–H groups in total. The van der Waals surface area contributed by atoms with Crippen LogP contribution in [0.2, 0.25) is 5.02 Å². The summed E-state index contributed by atoms with van der Waals surface area (Å²) >= 11 is 6.01. The number of amides is 1. The summed E-state index contributed by atoms with van der Waals surface area (Å²) in [5.41, 5.74) is 2.19. The number of nitriles is 1. The molecule has 0 fully saturated rings. The first-order valence-corrected chi connectivity index (χ1v) is 8.03. The van der Waals surface area contributed by atoms with Gasteiger partial charge in [0.05, 0.1) is 0 Å². The van der Waals surface area contributed by atoms with Gasteiger partial charge < -0.3 is 10.6 Å². The zero-order chi connectivity index (χ0) is 18.2. The van der Waals surface area contributed by atoms with Gasteiger partial charge in [0.15, 0.2) is 0 Å². The lowest BCUT2D eigenvalue weighted by Gasteiger charge is -2.07. The molecule has 0 aliphatic rings. The normalized spacial score (nSPS) is 10.9. The fraction of sp³-hybridized carbons (Fsp3) is 0.158. The van der Waals surface area contributed by atoms with E-state index in [9.17, 15) is 9.18 Å². The Labute approximate surface area is 150 Å². The van der Waals surface area contributed by atoms with Gasteiger partial charge in [0.1, 0.15) is 17.5 Å². The van der Waals surface area contributed by atoms with Gasteiger partial charge in [-0.05, 0) is 48.7 Å². The number of rotatable bonds is 6. The highest BCUT2D eigenvalue weighted by Gasteiger charge is 2.09. The number of nitrogens with one attached hydrogen (secondary N) is 2. The van der Waals surface area contributed by atoms with Crippen LogP contribution in [-0.4, -0.2) is 12.5 Å². The fourth-order valence-corrected chi connectivity index (χ4v) is 2.28. The average molecular weight is 358 g/mol. The van der Waals surface area contributed by atoms with Crippen LogP contribution in [-0.2, 0) is 11.2 Å². The Morgan fingerprint density at radius 1 is 1.32 bits per heavy atom. The van der Waals surface area contributed by atoms with Crippen molar-refractivity contribution in [2.24, 2.45) is 0 Å². The van der Waals surface area contributed by atoms with Crippen molar-refractivity contribution in [1.82, 2.24) is 5.32 Å². The summed E-state index contributed by atoms with van der Waals surface area (Å²) in [5, 5.41) is 15.2. The molecule has 1 amide bonds. The summed E-state index contributed by atoms with van der Waals surface area (Å²) in [6, 6.07) is 13.3. The molecule has 4 nitrogen and oxygen atoms in total. The predicted octanol–water partition coefficient (Wildman–Crippen LogP) is 3.97. The number of halogens is 2. The van der Waals surface area contributed by atoms with Crippen molar-refractivity contribution in [3.63, 3.8) is 0 Å². The van der Waals surface area contributed by atoms with Crippen molar-refractivity contribution in [1.29, 1.82) is 5.26 Å². The van der Waals surface area contributed by atoms with E-state index in [1.807, 2.05) is 19.1 Å². The van der Waals surface area contributed by atoms with Gasteiger partial charge in [-0.3, -0.25) is 4.79 Å². The first kappa shape index (κ1) is 18.5. The Morgan fingerprint density at radius 3 is 2.80 bits per heavy atom. The second-order valence-electron chi connectivity index (χ2n) is 5.42. The van der Waals surface area contributed by atoms with Crippen LogP contribution in [0.4, 0.5) is 10.1 Å². The third-order valence-corrected chi connectivity index (χ3v) is 3.90. The molecule has 0 bridgehead atoms. The average Bonchev–Trinajstić information content (AvgIpc) is 2.58. The van der Waals surface area contributed by atoms with Gasteiger partial charge in [0.2, 0.25) is 0 Å². The molecule has 0 atom stereocenters. The monoisotopic (exact) mass is 357 g/mol. The molecule has 2 aromatic carbocycles.